The van der Waals surface area contributed by atoms with Crippen LogP contribution in [0, 0.1) is 0 Å². The van der Waals surface area contributed by atoms with Crippen LogP contribution in [0.1, 0.15) is 31.1 Å². The Morgan fingerprint density at radius 3 is 2.59 bits per heavy atom. The van der Waals surface area contributed by atoms with Crippen LogP contribution < -0.4 is 10.6 Å². The maximum Gasteiger partial charge on any atom is 0.414 e. The largest absolute Gasteiger partial charge is 0.465 e. The normalized spacial score (nSPS) is 11.2. The summed E-state index contributed by atoms with van der Waals surface area (Å²) in [6, 6.07) is 5.26. The predicted octanol–water partition coefficient (Wildman–Crippen LogP) is 2.97. The summed E-state index contributed by atoms with van der Waals surface area (Å²) in [5.41, 5.74) is 1.68. The number of carbonyl (C=O) groups is 2. The monoisotopic (exact) mass is 398 g/mol. The Bertz CT molecular complexity index is 1070. The minimum absolute atomic E-state index is 0.121. The first-order valence-electron chi connectivity index (χ1n) is 8.83. The lowest BCUT2D eigenvalue weighted by Crippen LogP contribution is -2.27. The Kier molecular flexibility index (Phi) is 5.35. The summed E-state index contributed by atoms with van der Waals surface area (Å²) in [6.45, 7) is 5.31. The van der Waals surface area contributed by atoms with E-state index in [1.165, 1.54) is 11.6 Å². The lowest BCUT2D eigenvalue weighted by molar-refractivity contribution is 0.0598. The van der Waals surface area contributed by atoms with Crippen LogP contribution in [0.5, 0.6) is 0 Å². The number of nitrogens with zero attached hydrogens (tertiary/aromatic N) is 4. The number of amides is 1. The zero-order valence-corrected chi connectivity index (χ0v) is 16.8. The lowest BCUT2D eigenvalue weighted by Gasteiger charge is -2.18. The minimum Gasteiger partial charge on any atom is -0.465 e. The van der Waals surface area contributed by atoms with Gasteiger partial charge in [0.2, 0.25) is 0 Å². The quantitative estimate of drug-likeness (QED) is 0.644. The van der Waals surface area contributed by atoms with E-state index in [4.69, 9.17) is 9.47 Å². The Morgan fingerprint density at radius 1 is 1.17 bits per heavy atom. The van der Waals surface area contributed by atoms with Gasteiger partial charge in [0.05, 0.1) is 7.11 Å². The molecule has 3 heterocycles. The van der Waals surface area contributed by atoms with E-state index < -0.39 is 17.7 Å². The Balaban J connectivity index is 1.90. The van der Waals surface area contributed by atoms with E-state index in [1.54, 1.807) is 58.4 Å². The maximum absolute atomic E-state index is 12.0. The molecule has 0 fully saturated rings. The molecule has 0 aromatic carbocycles. The van der Waals surface area contributed by atoms with Gasteiger partial charge in [-0.05, 0) is 44.5 Å². The molecule has 29 heavy (non-hydrogen) atoms. The summed E-state index contributed by atoms with van der Waals surface area (Å²) >= 11 is 0. The highest BCUT2D eigenvalue weighted by Gasteiger charge is 2.18. The molecule has 0 aliphatic carbocycles. The fourth-order valence-corrected chi connectivity index (χ4v) is 2.60. The molecule has 0 radical (unpaired) electrons. The van der Waals surface area contributed by atoms with Gasteiger partial charge in [0.15, 0.2) is 5.65 Å². The third kappa shape index (κ3) is 4.60. The highest BCUT2D eigenvalue weighted by molar-refractivity contribution is 5.96. The number of nitrogens with one attached hydrogen (secondary N) is 2. The molecule has 0 unspecified atom stereocenters. The van der Waals surface area contributed by atoms with Crippen molar-refractivity contribution in [3.05, 3.63) is 36.2 Å². The number of carbonyl (C=O) groups excluding carboxylic acids is 2. The molecular formula is C19H22N6O4. The average molecular weight is 398 g/mol. The van der Waals surface area contributed by atoms with E-state index in [0.29, 0.717) is 22.6 Å². The maximum atomic E-state index is 12.0. The number of hydrogen-bond acceptors (Lipinski definition) is 8. The van der Waals surface area contributed by atoms with Crippen LogP contribution in [-0.4, -0.2) is 51.4 Å². The second-order valence-corrected chi connectivity index (χ2v) is 7.14. The summed E-state index contributed by atoms with van der Waals surface area (Å²) in [4.78, 5) is 32.5. The number of rotatable bonds is 4. The molecule has 2 N–H and O–H groups in total. The molecule has 0 aliphatic rings. The average Bonchev–Trinajstić information content (AvgIpc) is 3.06. The molecule has 3 aromatic heterocycles. The summed E-state index contributed by atoms with van der Waals surface area (Å²) in [6.07, 6.45) is 2.70. The van der Waals surface area contributed by atoms with E-state index in [2.05, 4.69) is 25.7 Å². The van der Waals surface area contributed by atoms with Gasteiger partial charge in [-0.15, -0.1) is 5.10 Å². The third-order valence-electron chi connectivity index (χ3n) is 3.81. The van der Waals surface area contributed by atoms with Gasteiger partial charge in [-0.2, -0.15) is 4.98 Å². The van der Waals surface area contributed by atoms with Crippen molar-refractivity contribution in [1.29, 1.82) is 0 Å². The van der Waals surface area contributed by atoms with Crippen molar-refractivity contribution in [2.75, 3.05) is 24.8 Å². The fourth-order valence-electron chi connectivity index (χ4n) is 2.60. The van der Waals surface area contributed by atoms with Crippen molar-refractivity contribution < 1.29 is 19.1 Å². The van der Waals surface area contributed by atoms with E-state index in [-0.39, 0.29) is 5.95 Å². The zero-order valence-electron chi connectivity index (χ0n) is 16.8. The van der Waals surface area contributed by atoms with Crippen molar-refractivity contribution in [2.45, 2.75) is 26.4 Å². The van der Waals surface area contributed by atoms with Crippen LogP contribution in [0.25, 0.3) is 16.8 Å². The van der Waals surface area contributed by atoms with Gasteiger partial charge in [-0.25, -0.2) is 19.1 Å². The SMILES string of the molecule is CNc1ncc(-c2ccn3nc(NC(=O)OC(C)(C)C)nc3c2)cc1C(=O)OC. The number of ether oxygens (including phenoxy) is 2. The second-order valence-electron chi connectivity index (χ2n) is 7.14. The molecule has 0 saturated carbocycles. The number of fused-ring (bicyclic) bond motifs is 1. The predicted molar refractivity (Wildman–Crippen MR) is 107 cm³/mol. The van der Waals surface area contributed by atoms with Gasteiger partial charge in [0, 0.05) is 25.0 Å². The number of methoxy groups -OCH3 is 1. The molecule has 0 bridgehead atoms. The van der Waals surface area contributed by atoms with Crippen molar-refractivity contribution >= 4 is 29.5 Å². The Labute approximate surface area is 167 Å². The van der Waals surface area contributed by atoms with E-state index in [9.17, 15) is 9.59 Å². The molecule has 3 aromatic rings. The molecular weight excluding hydrogens is 376 g/mol. The standard InChI is InChI=1S/C19H22N6O4/c1-19(2,3)29-18(27)23-17-22-14-9-11(6-7-25(14)24-17)12-8-13(16(26)28-5)15(20-4)21-10-12/h6-10H,1-5H3,(H,20,21)(H,23,24,27). The number of anilines is 2. The van der Waals surface area contributed by atoms with Crippen LogP contribution >= 0.6 is 0 Å². The Hall–Kier alpha value is -3.69. The molecule has 152 valence electrons. The zero-order chi connectivity index (χ0) is 21.2. The second kappa shape index (κ2) is 7.74. The van der Waals surface area contributed by atoms with Gasteiger partial charge in [-0.1, -0.05) is 0 Å². The summed E-state index contributed by atoms with van der Waals surface area (Å²) in [5, 5.41) is 9.57. The molecule has 0 atom stereocenters. The van der Waals surface area contributed by atoms with Crippen molar-refractivity contribution in [3.63, 3.8) is 0 Å². The number of pyridine rings is 2. The first kappa shape index (κ1) is 20.1. The van der Waals surface area contributed by atoms with Crippen LogP contribution in [0.2, 0.25) is 0 Å². The summed E-state index contributed by atoms with van der Waals surface area (Å²) in [7, 11) is 2.99. The van der Waals surface area contributed by atoms with Crippen LogP contribution in [0.3, 0.4) is 0 Å². The van der Waals surface area contributed by atoms with Crippen LogP contribution in [0.15, 0.2) is 30.6 Å². The molecule has 0 spiro atoms. The van der Waals surface area contributed by atoms with Crippen LogP contribution in [-0.2, 0) is 9.47 Å². The topological polar surface area (TPSA) is 120 Å². The molecule has 1 amide bonds. The van der Waals surface area contributed by atoms with E-state index >= 15 is 0 Å². The van der Waals surface area contributed by atoms with Gasteiger partial charge in [0.1, 0.15) is 17.0 Å². The fraction of sp³-hybridized carbons (Fsp3) is 0.316. The smallest absolute Gasteiger partial charge is 0.414 e. The minimum atomic E-state index is -0.636. The lowest BCUT2D eigenvalue weighted by atomic mass is 10.1. The van der Waals surface area contributed by atoms with Crippen LogP contribution in [0.4, 0.5) is 16.6 Å². The van der Waals surface area contributed by atoms with Crippen molar-refractivity contribution in [2.24, 2.45) is 0 Å². The van der Waals surface area contributed by atoms with Gasteiger partial charge < -0.3 is 14.8 Å². The van der Waals surface area contributed by atoms with E-state index in [1.807, 2.05) is 0 Å². The molecule has 0 saturated heterocycles. The molecule has 10 nitrogen and oxygen atoms in total. The molecule has 3 rings (SSSR count). The number of aromatic nitrogens is 4. The van der Waals surface area contributed by atoms with Crippen molar-refractivity contribution in [1.82, 2.24) is 19.6 Å². The van der Waals surface area contributed by atoms with Gasteiger partial charge >= 0.3 is 12.1 Å². The highest BCUT2D eigenvalue weighted by atomic mass is 16.6. The third-order valence-corrected chi connectivity index (χ3v) is 3.81. The summed E-state index contributed by atoms with van der Waals surface area (Å²) < 4.78 is 11.5. The first-order valence-corrected chi connectivity index (χ1v) is 8.83. The number of hydrogen-bond donors (Lipinski definition) is 2. The molecule has 10 heteroatoms. The summed E-state index contributed by atoms with van der Waals surface area (Å²) in [5.74, 6) is 0.0550. The van der Waals surface area contributed by atoms with Gasteiger partial charge in [0.25, 0.3) is 5.95 Å². The molecule has 0 aliphatic heterocycles. The highest BCUT2D eigenvalue weighted by Crippen LogP contribution is 2.25. The number of esters is 1. The Morgan fingerprint density at radius 2 is 1.93 bits per heavy atom. The van der Waals surface area contributed by atoms with Crippen molar-refractivity contribution in [3.8, 4) is 11.1 Å². The first-order chi connectivity index (χ1) is 13.7. The van der Waals surface area contributed by atoms with E-state index in [0.717, 1.165) is 5.56 Å². The van der Waals surface area contributed by atoms with Gasteiger partial charge in [-0.3, -0.25) is 5.32 Å².